The van der Waals surface area contributed by atoms with Crippen LogP contribution in [0.5, 0.6) is 0 Å². The molecule has 150 valence electrons. The van der Waals surface area contributed by atoms with Gasteiger partial charge in [0.2, 0.25) is 0 Å². The van der Waals surface area contributed by atoms with Crippen molar-refractivity contribution in [3.63, 3.8) is 0 Å². The predicted molar refractivity (Wildman–Crippen MR) is 128 cm³/mol. The van der Waals surface area contributed by atoms with Crippen molar-refractivity contribution in [2.45, 2.75) is 46.6 Å². The number of hydrogen-bond donors (Lipinski definition) is 2. The molecule has 1 aliphatic carbocycles. The van der Waals surface area contributed by atoms with Crippen LogP contribution in [0, 0.1) is 5.41 Å². The second kappa shape index (κ2) is 10.1. The number of nitrogens with one attached hydrogen (secondary N) is 1. The minimum atomic E-state index is 0.299. The van der Waals surface area contributed by atoms with Crippen LogP contribution in [0.3, 0.4) is 0 Å². The van der Waals surface area contributed by atoms with E-state index < -0.39 is 0 Å². The Balaban J connectivity index is 2.53. The molecule has 0 saturated carbocycles. The molecule has 0 unspecified atom stereocenters. The van der Waals surface area contributed by atoms with Crippen LogP contribution in [-0.4, -0.2) is 20.3 Å². The molecule has 28 heavy (non-hydrogen) atoms. The molecule has 0 saturated heterocycles. The summed E-state index contributed by atoms with van der Waals surface area (Å²) in [5.41, 5.74) is 7.46. The Kier molecular flexibility index (Phi) is 8.09. The van der Waals surface area contributed by atoms with Gasteiger partial charge in [0.25, 0.3) is 0 Å². The molecule has 0 bridgehead atoms. The highest BCUT2D eigenvalue weighted by Crippen LogP contribution is 2.43. The first-order valence-corrected chi connectivity index (χ1v) is 10.4. The van der Waals surface area contributed by atoms with Gasteiger partial charge in [-0.25, -0.2) is 0 Å². The molecular formula is C25H34N2S. The summed E-state index contributed by atoms with van der Waals surface area (Å²) in [5.74, 6) is 0. The molecule has 0 fully saturated rings. The zero-order chi connectivity index (χ0) is 20.7. The largest absolute Gasteiger partial charge is 0.316 e. The molecule has 1 aromatic rings. The van der Waals surface area contributed by atoms with Crippen molar-refractivity contribution in [1.82, 2.24) is 5.32 Å². The van der Waals surface area contributed by atoms with Crippen LogP contribution >= 0.6 is 12.6 Å². The van der Waals surface area contributed by atoms with E-state index in [1.165, 1.54) is 33.6 Å². The third kappa shape index (κ3) is 5.83. The number of hydrogen-bond acceptors (Lipinski definition) is 3. The first kappa shape index (κ1) is 22.4. The summed E-state index contributed by atoms with van der Waals surface area (Å²) >= 11 is 4.81. The van der Waals surface area contributed by atoms with Gasteiger partial charge in [0.15, 0.2) is 0 Å². The predicted octanol–water partition coefficient (Wildman–Crippen LogP) is 6.39. The van der Waals surface area contributed by atoms with Gasteiger partial charge in [-0.3, -0.25) is 4.99 Å². The Morgan fingerprint density at radius 1 is 1.29 bits per heavy atom. The van der Waals surface area contributed by atoms with E-state index in [0.717, 1.165) is 30.5 Å². The van der Waals surface area contributed by atoms with E-state index in [4.69, 9.17) is 12.6 Å². The lowest BCUT2D eigenvalue weighted by Gasteiger charge is -2.33. The minimum absolute atomic E-state index is 0.299. The van der Waals surface area contributed by atoms with Crippen molar-refractivity contribution < 1.29 is 0 Å². The maximum atomic E-state index is 4.81. The first-order valence-electron chi connectivity index (χ1n) is 9.93. The maximum Gasteiger partial charge on any atom is 0.0287 e. The van der Waals surface area contributed by atoms with Crippen molar-refractivity contribution in [3.05, 3.63) is 75.7 Å². The van der Waals surface area contributed by atoms with Gasteiger partial charge in [-0.05, 0) is 71.4 Å². The maximum absolute atomic E-state index is 4.81. The Hall–Kier alpha value is -1.84. The van der Waals surface area contributed by atoms with Gasteiger partial charge >= 0.3 is 0 Å². The minimum Gasteiger partial charge on any atom is -0.316 e. The zero-order valence-electron chi connectivity index (χ0n) is 18.0. The Morgan fingerprint density at radius 3 is 2.64 bits per heavy atom. The fourth-order valence-electron chi connectivity index (χ4n) is 3.69. The van der Waals surface area contributed by atoms with Gasteiger partial charge in [-0.1, -0.05) is 62.4 Å². The van der Waals surface area contributed by atoms with Crippen LogP contribution in [0.2, 0.25) is 0 Å². The molecule has 0 amide bonds. The molecule has 0 aromatic heterocycles. The van der Waals surface area contributed by atoms with Crippen LogP contribution < -0.4 is 5.32 Å². The zero-order valence-corrected chi connectivity index (χ0v) is 18.9. The van der Waals surface area contributed by atoms with Crippen molar-refractivity contribution in [2.75, 3.05) is 14.1 Å². The SMILES string of the molecule is C=C(C)\C(=C/C=C(\C=N/C)c1ccccc1CNC)C1=C(S)CCC(C)(C)C1. The van der Waals surface area contributed by atoms with Crippen molar-refractivity contribution >= 4 is 24.4 Å². The van der Waals surface area contributed by atoms with Crippen LogP contribution in [0.4, 0.5) is 0 Å². The van der Waals surface area contributed by atoms with E-state index in [0.29, 0.717) is 5.41 Å². The summed E-state index contributed by atoms with van der Waals surface area (Å²) in [6.07, 6.45) is 9.55. The average molecular weight is 395 g/mol. The molecule has 1 N–H and O–H groups in total. The second-order valence-electron chi connectivity index (χ2n) is 8.32. The van der Waals surface area contributed by atoms with Gasteiger partial charge in [0.05, 0.1) is 0 Å². The Bertz CT molecular complexity index is 838. The van der Waals surface area contributed by atoms with E-state index in [1.807, 2.05) is 20.3 Å². The Labute approximate surface area is 176 Å². The van der Waals surface area contributed by atoms with Crippen LogP contribution in [0.1, 0.15) is 51.2 Å². The Morgan fingerprint density at radius 2 is 2.00 bits per heavy atom. The molecule has 2 rings (SSSR count). The highest BCUT2D eigenvalue weighted by molar-refractivity contribution is 7.84. The van der Waals surface area contributed by atoms with Crippen molar-refractivity contribution in [2.24, 2.45) is 10.4 Å². The normalized spacial score (nSPS) is 18.1. The lowest BCUT2D eigenvalue weighted by atomic mass is 9.74. The van der Waals surface area contributed by atoms with E-state index in [-0.39, 0.29) is 0 Å². The number of allylic oxidation sites excluding steroid dienone is 7. The first-order chi connectivity index (χ1) is 13.3. The molecule has 1 aliphatic rings. The summed E-state index contributed by atoms with van der Waals surface area (Å²) in [6, 6.07) is 8.47. The van der Waals surface area contributed by atoms with Crippen molar-refractivity contribution in [1.29, 1.82) is 0 Å². The van der Waals surface area contributed by atoms with Crippen molar-refractivity contribution in [3.8, 4) is 0 Å². The second-order valence-corrected chi connectivity index (χ2v) is 8.86. The van der Waals surface area contributed by atoms with Gasteiger partial charge in [0.1, 0.15) is 0 Å². The van der Waals surface area contributed by atoms with Crippen LogP contribution in [0.15, 0.2) is 69.6 Å². The molecule has 0 atom stereocenters. The van der Waals surface area contributed by atoms with E-state index in [2.05, 4.69) is 74.1 Å². The molecular weight excluding hydrogens is 360 g/mol. The fraction of sp³-hybridized carbons (Fsp3) is 0.400. The summed E-state index contributed by atoms with van der Waals surface area (Å²) in [5, 5.41) is 3.25. The summed E-state index contributed by atoms with van der Waals surface area (Å²) in [6.45, 7) is 11.8. The molecule has 0 spiro atoms. The quantitative estimate of drug-likeness (QED) is 0.313. The molecule has 3 heteroatoms. The standard InChI is InChI=1S/C25H34N2S/c1-18(2)21(23-15-25(3,4)14-13-24(23)28)12-11-20(17-27-6)22-10-8-7-9-19(22)16-26-5/h7-12,17,26,28H,1,13-16H2,2-6H3/b20-11+,21-12+,27-17-. The molecule has 0 aliphatic heterocycles. The summed E-state index contributed by atoms with van der Waals surface area (Å²) in [4.78, 5) is 5.49. The molecule has 0 radical (unpaired) electrons. The molecule has 1 aromatic carbocycles. The number of aliphatic imine (C=N–C) groups is 1. The lowest BCUT2D eigenvalue weighted by molar-refractivity contribution is 0.321. The monoisotopic (exact) mass is 394 g/mol. The third-order valence-electron chi connectivity index (χ3n) is 5.22. The molecule has 2 nitrogen and oxygen atoms in total. The van der Waals surface area contributed by atoms with Gasteiger partial charge in [0, 0.05) is 19.8 Å². The number of benzene rings is 1. The van der Waals surface area contributed by atoms with Crippen LogP contribution in [-0.2, 0) is 6.54 Å². The van der Waals surface area contributed by atoms with Gasteiger partial charge in [-0.15, -0.1) is 12.6 Å². The fourth-order valence-corrected chi connectivity index (χ4v) is 4.00. The number of thiol groups is 1. The third-order valence-corrected chi connectivity index (χ3v) is 5.71. The van der Waals surface area contributed by atoms with Gasteiger partial charge < -0.3 is 5.32 Å². The average Bonchev–Trinajstić information content (AvgIpc) is 2.64. The lowest BCUT2D eigenvalue weighted by Crippen LogP contribution is -2.18. The summed E-state index contributed by atoms with van der Waals surface area (Å²) in [7, 11) is 3.79. The van der Waals surface area contributed by atoms with E-state index in [9.17, 15) is 0 Å². The molecule has 0 heterocycles. The van der Waals surface area contributed by atoms with Crippen LogP contribution in [0.25, 0.3) is 5.57 Å². The topological polar surface area (TPSA) is 24.4 Å². The highest BCUT2D eigenvalue weighted by Gasteiger charge is 2.27. The highest BCUT2D eigenvalue weighted by atomic mass is 32.1. The van der Waals surface area contributed by atoms with Gasteiger partial charge in [-0.2, -0.15) is 0 Å². The number of nitrogens with zero attached hydrogens (tertiary/aromatic N) is 1. The smallest absolute Gasteiger partial charge is 0.0287 e. The van der Waals surface area contributed by atoms with E-state index >= 15 is 0 Å². The summed E-state index contributed by atoms with van der Waals surface area (Å²) < 4.78 is 0. The van der Waals surface area contributed by atoms with E-state index in [1.54, 1.807) is 0 Å². The number of rotatable bonds is 7.